The van der Waals surface area contributed by atoms with Gasteiger partial charge in [0.05, 0.1) is 24.5 Å². The van der Waals surface area contributed by atoms with Crippen molar-refractivity contribution in [3.05, 3.63) is 54.1 Å². The second-order valence-electron chi connectivity index (χ2n) is 7.91. The van der Waals surface area contributed by atoms with Gasteiger partial charge in [-0.3, -0.25) is 14.5 Å². The molecule has 1 saturated heterocycles. The maximum atomic E-state index is 13.0. The molecule has 2 amide bonds. The molecule has 1 heterocycles. The molecule has 2 aromatic rings. The van der Waals surface area contributed by atoms with Gasteiger partial charge in [0.1, 0.15) is 11.0 Å². The third-order valence-electron chi connectivity index (χ3n) is 5.32. The number of benzene rings is 2. The molecule has 0 aromatic heterocycles. The van der Waals surface area contributed by atoms with Gasteiger partial charge in [-0.15, -0.1) is 0 Å². The van der Waals surface area contributed by atoms with Crippen molar-refractivity contribution in [3.8, 4) is 5.75 Å². The van der Waals surface area contributed by atoms with Crippen molar-refractivity contribution in [1.82, 2.24) is 4.90 Å². The van der Waals surface area contributed by atoms with Crippen LogP contribution in [0.15, 0.2) is 53.5 Å². The highest BCUT2D eigenvalue weighted by molar-refractivity contribution is 8.15. The molecule has 2 aromatic carbocycles. The summed E-state index contributed by atoms with van der Waals surface area (Å²) in [5.74, 6) is -0.0148. The van der Waals surface area contributed by atoms with E-state index in [9.17, 15) is 14.4 Å². The van der Waals surface area contributed by atoms with Gasteiger partial charge in [0.15, 0.2) is 5.17 Å². The van der Waals surface area contributed by atoms with Crippen molar-refractivity contribution < 1.29 is 23.9 Å². The Bertz CT molecular complexity index is 1080. The normalized spacial score (nSPS) is 19.1. The molecule has 1 N–H and O–H groups in total. The van der Waals surface area contributed by atoms with E-state index in [0.29, 0.717) is 35.3 Å². The Morgan fingerprint density at radius 1 is 1.06 bits per heavy atom. The molecule has 0 unspecified atom stereocenters. The molecule has 2 aliphatic rings. The number of nitrogens with one attached hydrogen (secondary N) is 1. The van der Waals surface area contributed by atoms with Crippen LogP contribution in [0.3, 0.4) is 0 Å². The first-order valence-corrected chi connectivity index (χ1v) is 12.2. The summed E-state index contributed by atoms with van der Waals surface area (Å²) >= 11 is 1.29. The lowest BCUT2D eigenvalue weighted by Crippen LogP contribution is -2.46. The number of carbonyl (C=O) groups excluding carboxylic acids is 3. The lowest BCUT2D eigenvalue weighted by molar-refractivity contribution is -0.129. The number of amidine groups is 1. The minimum absolute atomic E-state index is 0.102. The van der Waals surface area contributed by atoms with E-state index < -0.39 is 11.2 Å². The molecular weight excluding hydrogens is 454 g/mol. The van der Waals surface area contributed by atoms with Gasteiger partial charge in [-0.05, 0) is 75.2 Å². The lowest BCUT2D eigenvalue weighted by Gasteiger charge is -2.31. The fraction of sp³-hybridized carbons (Fsp3) is 0.360. The molecule has 8 nitrogen and oxygen atoms in total. The number of amides is 2. The molecule has 2 fully saturated rings. The minimum atomic E-state index is -0.591. The summed E-state index contributed by atoms with van der Waals surface area (Å²) in [5, 5.41) is 2.80. The molecule has 1 aliphatic heterocycles. The fourth-order valence-corrected chi connectivity index (χ4v) is 4.70. The van der Waals surface area contributed by atoms with Gasteiger partial charge in [-0.2, -0.15) is 0 Å². The number of nitrogens with zero attached hydrogens (tertiary/aromatic N) is 2. The van der Waals surface area contributed by atoms with Crippen molar-refractivity contribution in [1.29, 1.82) is 0 Å². The van der Waals surface area contributed by atoms with Crippen LogP contribution < -0.4 is 10.1 Å². The van der Waals surface area contributed by atoms with E-state index >= 15 is 0 Å². The second-order valence-corrected chi connectivity index (χ2v) is 9.08. The molecule has 34 heavy (non-hydrogen) atoms. The monoisotopic (exact) mass is 481 g/mol. The second kappa shape index (κ2) is 10.7. The Hall–Kier alpha value is -3.33. The van der Waals surface area contributed by atoms with Gasteiger partial charge >= 0.3 is 5.97 Å². The highest BCUT2D eigenvalue weighted by Gasteiger charge is 2.43. The summed E-state index contributed by atoms with van der Waals surface area (Å²) < 4.78 is 10.4. The van der Waals surface area contributed by atoms with Crippen molar-refractivity contribution >= 4 is 46.1 Å². The molecule has 178 valence electrons. The molecular formula is C25H27N3O5S. The molecule has 0 spiro atoms. The van der Waals surface area contributed by atoms with Crippen LogP contribution >= 0.6 is 11.8 Å². The number of rotatable bonds is 8. The zero-order chi connectivity index (χ0) is 24.1. The van der Waals surface area contributed by atoms with Crippen LogP contribution in [0.1, 0.15) is 43.5 Å². The fourth-order valence-electron chi connectivity index (χ4n) is 3.53. The van der Waals surface area contributed by atoms with Crippen LogP contribution in [-0.2, 0) is 14.3 Å². The summed E-state index contributed by atoms with van der Waals surface area (Å²) in [6.07, 6.45) is 1.97. The number of thioether (sulfide) groups is 1. The highest BCUT2D eigenvalue weighted by atomic mass is 32.2. The first kappa shape index (κ1) is 23.8. The third-order valence-corrected chi connectivity index (χ3v) is 6.49. The molecule has 0 bridgehead atoms. The number of anilines is 1. The van der Waals surface area contributed by atoms with Crippen molar-refractivity contribution in [2.45, 2.75) is 44.4 Å². The first-order valence-electron chi connectivity index (χ1n) is 11.4. The Morgan fingerprint density at radius 3 is 2.38 bits per heavy atom. The van der Waals surface area contributed by atoms with Crippen molar-refractivity contribution in [3.63, 3.8) is 0 Å². The van der Waals surface area contributed by atoms with E-state index in [-0.39, 0.29) is 24.3 Å². The lowest BCUT2D eigenvalue weighted by atomic mass is 10.2. The smallest absolute Gasteiger partial charge is 0.338 e. The Balaban J connectivity index is 1.49. The zero-order valence-corrected chi connectivity index (χ0v) is 20.0. The number of hydrogen-bond donors (Lipinski definition) is 1. The van der Waals surface area contributed by atoms with Gasteiger partial charge in [0.2, 0.25) is 11.8 Å². The van der Waals surface area contributed by atoms with Crippen LogP contribution in [0.5, 0.6) is 5.75 Å². The number of ether oxygens (including phenoxy) is 2. The summed E-state index contributed by atoms with van der Waals surface area (Å²) in [5.41, 5.74) is 1.67. The number of esters is 1. The topological polar surface area (TPSA) is 97.3 Å². The van der Waals surface area contributed by atoms with Crippen LogP contribution in [0, 0.1) is 0 Å². The highest BCUT2D eigenvalue weighted by Crippen LogP contribution is 2.37. The average molecular weight is 482 g/mol. The van der Waals surface area contributed by atoms with Gasteiger partial charge < -0.3 is 14.8 Å². The van der Waals surface area contributed by atoms with Crippen molar-refractivity contribution in [2.75, 3.05) is 18.5 Å². The van der Waals surface area contributed by atoms with E-state index in [2.05, 4.69) is 10.3 Å². The van der Waals surface area contributed by atoms with E-state index in [1.54, 1.807) is 60.4 Å². The van der Waals surface area contributed by atoms with Gasteiger partial charge in [-0.1, -0.05) is 11.8 Å². The number of hydrogen-bond acceptors (Lipinski definition) is 7. The Kier molecular flexibility index (Phi) is 7.52. The zero-order valence-electron chi connectivity index (χ0n) is 19.2. The van der Waals surface area contributed by atoms with Crippen LogP contribution in [0.25, 0.3) is 0 Å². The summed E-state index contributed by atoms with van der Waals surface area (Å²) in [4.78, 5) is 44.2. The van der Waals surface area contributed by atoms with E-state index in [1.165, 1.54) is 11.8 Å². The third kappa shape index (κ3) is 5.77. The van der Waals surface area contributed by atoms with Crippen molar-refractivity contribution in [2.24, 2.45) is 4.99 Å². The quantitative estimate of drug-likeness (QED) is 0.562. The summed E-state index contributed by atoms with van der Waals surface area (Å²) in [7, 11) is 0. The maximum Gasteiger partial charge on any atom is 0.338 e. The van der Waals surface area contributed by atoms with Gasteiger partial charge in [0.25, 0.3) is 0 Å². The molecule has 9 heteroatoms. The predicted octanol–water partition coefficient (Wildman–Crippen LogP) is 4.38. The van der Waals surface area contributed by atoms with Crippen LogP contribution in [0.4, 0.5) is 11.4 Å². The Morgan fingerprint density at radius 2 is 1.76 bits per heavy atom. The van der Waals surface area contributed by atoms with E-state index in [1.807, 2.05) is 6.92 Å². The van der Waals surface area contributed by atoms with Crippen LogP contribution in [0.2, 0.25) is 0 Å². The first-order chi connectivity index (χ1) is 16.5. The number of carbonyl (C=O) groups is 3. The van der Waals surface area contributed by atoms with Gasteiger partial charge in [0, 0.05) is 18.2 Å². The summed E-state index contributed by atoms with van der Waals surface area (Å²) in [6, 6.07) is 14.0. The average Bonchev–Trinajstić information content (AvgIpc) is 3.66. The van der Waals surface area contributed by atoms with Gasteiger partial charge in [-0.25, -0.2) is 9.79 Å². The van der Waals surface area contributed by atoms with E-state index in [4.69, 9.17) is 9.47 Å². The summed E-state index contributed by atoms with van der Waals surface area (Å²) in [6.45, 7) is 4.53. The Labute approximate surface area is 202 Å². The molecule has 4 rings (SSSR count). The maximum absolute atomic E-state index is 13.0. The predicted molar refractivity (Wildman–Crippen MR) is 132 cm³/mol. The SMILES string of the molecule is CCOC(=O)c1ccc(N=C2S[C@H](C(=O)Nc3ccc(OCC)cc3)CC(=O)N2C2CC2)cc1. The van der Waals surface area contributed by atoms with E-state index in [0.717, 1.165) is 18.6 Å². The van der Waals surface area contributed by atoms with Crippen LogP contribution in [-0.4, -0.2) is 52.4 Å². The molecule has 1 aliphatic carbocycles. The molecule has 1 atom stereocenters. The largest absolute Gasteiger partial charge is 0.494 e. The number of aliphatic imine (C=N–C) groups is 1. The standard InChI is InChI=1S/C25H27N3O5S/c1-3-32-20-13-9-17(10-14-20)26-23(30)21-15-22(29)28(19-11-12-19)25(34-21)27-18-7-5-16(6-8-18)24(31)33-4-2/h5-10,13-14,19,21H,3-4,11-12,15H2,1-2H3,(H,26,30)/t21-/m0/s1. The molecule has 1 saturated carbocycles. The molecule has 0 radical (unpaired) electrons. The minimum Gasteiger partial charge on any atom is -0.494 e.